The molecular formula is C15H21N2O2. The fourth-order valence-electron chi connectivity index (χ4n) is 2.47. The second kappa shape index (κ2) is 7.14. The Morgan fingerprint density at radius 3 is 2.42 bits per heavy atom. The van der Waals surface area contributed by atoms with Crippen LogP contribution in [0.2, 0.25) is 0 Å². The molecule has 2 amide bonds. The molecule has 0 aliphatic heterocycles. The minimum atomic E-state index is -0.136. The number of nitrogens with one attached hydrogen (secondary N) is 2. The molecule has 103 valence electrons. The molecule has 0 heterocycles. The first-order valence-corrected chi connectivity index (χ1v) is 7.02. The van der Waals surface area contributed by atoms with Gasteiger partial charge in [-0.05, 0) is 37.0 Å². The van der Waals surface area contributed by atoms with Gasteiger partial charge in [0.2, 0.25) is 0 Å². The zero-order valence-electron chi connectivity index (χ0n) is 11.2. The fraction of sp³-hybridized carbons (Fsp3) is 0.533. The van der Waals surface area contributed by atoms with Gasteiger partial charge in [-0.3, -0.25) is 0 Å². The average Bonchev–Trinajstić information content (AvgIpc) is 2.42. The summed E-state index contributed by atoms with van der Waals surface area (Å²) in [6, 6.07) is 7.62. The summed E-state index contributed by atoms with van der Waals surface area (Å²) < 4.78 is 0. The van der Waals surface area contributed by atoms with E-state index >= 15 is 0 Å². The maximum absolute atomic E-state index is 11.8. The third-order valence-electron chi connectivity index (χ3n) is 3.54. The first kappa shape index (κ1) is 13.9. The van der Waals surface area contributed by atoms with Gasteiger partial charge >= 0.3 is 6.03 Å². The van der Waals surface area contributed by atoms with Crippen molar-refractivity contribution in [1.82, 2.24) is 5.32 Å². The van der Waals surface area contributed by atoms with Gasteiger partial charge in [0, 0.05) is 11.7 Å². The van der Waals surface area contributed by atoms with Crippen LogP contribution in [-0.2, 0) is 11.5 Å². The monoisotopic (exact) mass is 261 g/mol. The Morgan fingerprint density at radius 2 is 1.79 bits per heavy atom. The van der Waals surface area contributed by atoms with E-state index in [9.17, 15) is 9.90 Å². The van der Waals surface area contributed by atoms with Crippen LogP contribution < -0.4 is 10.6 Å². The van der Waals surface area contributed by atoms with Crippen LogP contribution in [0, 0.1) is 0 Å². The molecule has 0 bridgehead atoms. The van der Waals surface area contributed by atoms with Crippen molar-refractivity contribution in [3.8, 4) is 0 Å². The van der Waals surface area contributed by atoms with Crippen LogP contribution in [0.4, 0.5) is 10.5 Å². The van der Waals surface area contributed by atoms with Crippen molar-refractivity contribution >= 4 is 11.7 Å². The summed E-state index contributed by atoms with van der Waals surface area (Å²) in [4.78, 5) is 11.8. The summed E-state index contributed by atoms with van der Waals surface area (Å²) in [6.07, 6.45) is 6.38. The molecule has 4 nitrogen and oxygen atoms in total. The number of carbonyl (C=O) groups excluding carboxylic acids is 1. The van der Waals surface area contributed by atoms with E-state index in [1.807, 2.05) is 24.3 Å². The highest BCUT2D eigenvalue weighted by Crippen LogP contribution is 2.17. The van der Waals surface area contributed by atoms with Gasteiger partial charge in [-0.25, -0.2) is 9.90 Å². The Morgan fingerprint density at radius 1 is 1.11 bits per heavy atom. The predicted octanol–water partition coefficient (Wildman–Crippen LogP) is 3.11. The Kier molecular flexibility index (Phi) is 5.21. The molecule has 1 aliphatic carbocycles. The maximum atomic E-state index is 11.8. The molecule has 1 aliphatic rings. The third kappa shape index (κ3) is 4.56. The van der Waals surface area contributed by atoms with E-state index < -0.39 is 0 Å². The van der Waals surface area contributed by atoms with Gasteiger partial charge in [0.25, 0.3) is 0 Å². The normalized spacial score (nSPS) is 16.1. The Bertz CT molecular complexity index is 397. The SMILES string of the molecule is [O]CCc1ccc(NC(=O)NC2CCCCC2)cc1. The zero-order valence-corrected chi connectivity index (χ0v) is 11.2. The van der Waals surface area contributed by atoms with Crippen LogP contribution in [0.25, 0.3) is 0 Å². The average molecular weight is 261 g/mol. The topological polar surface area (TPSA) is 61.0 Å². The lowest BCUT2D eigenvalue weighted by Gasteiger charge is -2.22. The molecule has 2 N–H and O–H groups in total. The van der Waals surface area contributed by atoms with Crippen molar-refractivity contribution in [2.75, 3.05) is 11.9 Å². The minimum absolute atomic E-state index is 0.102. The lowest BCUT2D eigenvalue weighted by atomic mass is 9.96. The van der Waals surface area contributed by atoms with Crippen molar-refractivity contribution < 1.29 is 9.90 Å². The molecule has 1 saturated carbocycles. The Balaban J connectivity index is 1.80. The number of rotatable bonds is 4. The molecule has 1 aromatic carbocycles. The predicted molar refractivity (Wildman–Crippen MR) is 74.7 cm³/mol. The van der Waals surface area contributed by atoms with Crippen molar-refractivity contribution in [3.05, 3.63) is 29.8 Å². The summed E-state index contributed by atoms with van der Waals surface area (Å²) in [7, 11) is 0. The first-order chi connectivity index (χ1) is 9.28. The third-order valence-corrected chi connectivity index (χ3v) is 3.54. The maximum Gasteiger partial charge on any atom is 0.319 e. The van der Waals surface area contributed by atoms with Crippen molar-refractivity contribution in [2.24, 2.45) is 0 Å². The second-order valence-corrected chi connectivity index (χ2v) is 5.08. The van der Waals surface area contributed by atoms with Crippen LogP contribution in [0.3, 0.4) is 0 Å². The number of anilines is 1. The molecule has 0 aromatic heterocycles. The summed E-state index contributed by atoms with van der Waals surface area (Å²) in [5, 5.41) is 16.3. The van der Waals surface area contributed by atoms with E-state index in [1.165, 1.54) is 19.3 Å². The number of benzene rings is 1. The quantitative estimate of drug-likeness (QED) is 0.859. The lowest BCUT2D eigenvalue weighted by molar-refractivity contribution is 0.197. The van der Waals surface area contributed by atoms with E-state index in [0.717, 1.165) is 24.1 Å². The summed E-state index contributed by atoms with van der Waals surface area (Å²) in [5.74, 6) is 0. The Hall–Kier alpha value is -1.55. The molecular weight excluding hydrogens is 240 g/mol. The van der Waals surface area contributed by atoms with Crippen molar-refractivity contribution in [1.29, 1.82) is 0 Å². The van der Waals surface area contributed by atoms with Gasteiger partial charge in [-0.2, -0.15) is 0 Å². The largest absolute Gasteiger partial charge is 0.335 e. The van der Waals surface area contributed by atoms with Gasteiger partial charge in [-0.15, -0.1) is 0 Å². The number of hydrogen-bond donors (Lipinski definition) is 2. The summed E-state index contributed by atoms with van der Waals surface area (Å²) in [5.41, 5.74) is 1.77. The van der Waals surface area contributed by atoms with Gasteiger partial charge in [0.15, 0.2) is 0 Å². The van der Waals surface area contributed by atoms with Crippen LogP contribution >= 0.6 is 0 Å². The van der Waals surface area contributed by atoms with E-state index in [1.54, 1.807) is 0 Å². The van der Waals surface area contributed by atoms with Gasteiger partial charge in [0.1, 0.15) is 0 Å². The van der Waals surface area contributed by atoms with Gasteiger partial charge in [0.05, 0.1) is 6.61 Å². The molecule has 0 saturated heterocycles. The highest BCUT2D eigenvalue weighted by molar-refractivity contribution is 5.89. The summed E-state index contributed by atoms with van der Waals surface area (Å²) >= 11 is 0. The van der Waals surface area contributed by atoms with Crippen LogP contribution in [0.15, 0.2) is 24.3 Å². The molecule has 2 rings (SSSR count). The minimum Gasteiger partial charge on any atom is -0.335 e. The van der Waals surface area contributed by atoms with E-state index in [0.29, 0.717) is 12.5 Å². The lowest BCUT2D eigenvalue weighted by Crippen LogP contribution is -2.38. The molecule has 1 radical (unpaired) electrons. The molecule has 1 aromatic rings. The number of amides is 2. The Labute approximate surface area is 114 Å². The molecule has 19 heavy (non-hydrogen) atoms. The first-order valence-electron chi connectivity index (χ1n) is 7.02. The number of urea groups is 1. The van der Waals surface area contributed by atoms with Crippen LogP contribution in [0.1, 0.15) is 37.7 Å². The summed E-state index contributed by atoms with van der Waals surface area (Å²) in [6.45, 7) is -0.102. The molecule has 4 heteroatoms. The fourth-order valence-corrected chi connectivity index (χ4v) is 2.47. The highest BCUT2D eigenvalue weighted by Gasteiger charge is 2.15. The molecule has 0 spiro atoms. The van der Waals surface area contributed by atoms with E-state index in [4.69, 9.17) is 0 Å². The molecule has 0 atom stereocenters. The van der Waals surface area contributed by atoms with Crippen molar-refractivity contribution in [3.63, 3.8) is 0 Å². The van der Waals surface area contributed by atoms with Crippen LogP contribution in [-0.4, -0.2) is 18.7 Å². The van der Waals surface area contributed by atoms with Crippen LogP contribution in [0.5, 0.6) is 0 Å². The standard InChI is InChI=1S/C15H21N2O2/c18-11-10-12-6-8-14(9-7-12)17-15(19)16-13-4-2-1-3-5-13/h6-9,13H,1-5,10-11H2,(H2,16,17,19). The van der Waals surface area contributed by atoms with Gasteiger partial charge in [-0.1, -0.05) is 31.4 Å². The van der Waals surface area contributed by atoms with Crippen molar-refractivity contribution in [2.45, 2.75) is 44.6 Å². The number of carbonyl (C=O) groups is 1. The van der Waals surface area contributed by atoms with Gasteiger partial charge < -0.3 is 10.6 Å². The second-order valence-electron chi connectivity index (χ2n) is 5.08. The smallest absolute Gasteiger partial charge is 0.319 e. The molecule has 0 unspecified atom stereocenters. The zero-order chi connectivity index (χ0) is 13.5. The van der Waals surface area contributed by atoms with E-state index in [-0.39, 0.29) is 12.6 Å². The molecule has 1 fully saturated rings. The highest BCUT2D eigenvalue weighted by atomic mass is 16.3. The van der Waals surface area contributed by atoms with E-state index in [2.05, 4.69) is 10.6 Å². The number of hydrogen-bond acceptors (Lipinski definition) is 1.